The molecule has 0 aromatic rings. The summed E-state index contributed by atoms with van der Waals surface area (Å²) in [6.07, 6.45) is 2.59. The van der Waals surface area contributed by atoms with Crippen molar-refractivity contribution in [1.29, 1.82) is 0 Å². The summed E-state index contributed by atoms with van der Waals surface area (Å²) in [5, 5.41) is 1.70. The Morgan fingerprint density at radius 3 is 3.00 bits per heavy atom. The first-order chi connectivity index (χ1) is 3.93. The van der Waals surface area contributed by atoms with E-state index in [1.807, 2.05) is 5.41 Å². The van der Waals surface area contributed by atoms with Gasteiger partial charge in [0.2, 0.25) is 0 Å². The van der Waals surface area contributed by atoms with E-state index in [0.29, 0.717) is 0 Å². The average molecular weight is 130 g/mol. The van der Waals surface area contributed by atoms with E-state index in [1.165, 1.54) is 11.8 Å². The van der Waals surface area contributed by atoms with Gasteiger partial charge in [-0.3, -0.25) is 0 Å². The Balaban J connectivity index is 2.37. The second-order valence-corrected chi connectivity index (χ2v) is 2.34. The van der Waals surface area contributed by atoms with Crippen LogP contribution in [0.1, 0.15) is 0 Å². The van der Waals surface area contributed by atoms with Gasteiger partial charge in [0, 0.05) is 6.20 Å². The predicted octanol–water partition coefficient (Wildman–Crippen LogP) is -0.176. The number of rotatable bonds is 1. The van der Waals surface area contributed by atoms with Crippen molar-refractivity contribution in [3.8, 4) is 0 Å². The molecule has 8 heavy (non-hydrogen) atoms. The van der Waals surface area contributed by atoms with Gasteiger partial charge in [-0.15, -0.1) is 11.8 Å². The summed E-state index contributed by atoms with van der Waals surface area (Å²) >= 11 is 1.44. The minimum absolute atomic E-state index is 0.125. The van der Waals surface area contributed by atoms with Crippen LogP contribution in [0.25, 0.3) is 0 Å². The van der Waals surface area contributed by atoms with Crippen LogP contribution in [0.5, 0.6) is 0 Å². The molecular formula is C4H6N2OS. The van der Waals surface area contributed by atoms with Gasteiger partial charge in [-0.05, 0) is 5.41 Å². The first-order valence-electron chi connectivity index (χ1n) is 2.20. The molecule has 1 unspecified atom stereocenters. The second-order valence-electron chi connectivity index (χ2n) is 1.28. The number of carbonyl (C=O) groups excluding carboxylic acids is 1. The van der Waals surface area contributed by atoms with E-state index in [4.69, 9.17) is 0 Å². The highest BCUT2D eigenvalue weighted by atomic mass is 32.2. The normalized spacial score (nSPS) is 26.8. The summed E-state index contributed by atoms with van der Waals surface area (Å²) in [5.41, 5.74) is 5.43. The average Bonchev–Trinajstić information content (AvgIpc) is 1.90. The van der Waals surface area contributed by atoms with Crippen LogP contribution in [0.4, 0.5) is 0 Å². The van der Waals surface area contributed by atoms with Gasteiger partial charge < -0.3 is 10.2 Å². The number of nitrogens with one attached hydrogen (secondary N) is 2. The van der Waals surface area contributed by atoms with Crippen LogP contribution in [0.2, 0.25) is 0 Å². The Kier molecular flexibility index (Phi) is 1.93. The fourth-order valence-corrected chi connectivity index (χ4v) is 0.904. The van der Waals surface area contributed by atoms with Gasteiger partial charge in [0.05, 0.1) is 0 Å². The van der Waals surface area contributed by atoms with Gasteiger partial charge in [-0.1, -0.05) is 0 Å². The van der Waals surface area contributed by atoms with Crippen molar-refractivity contribution in [2.75, 3.05) is 0 Å². The third-order valence-corrected chi connectivity index (χ3v) is 1.54. The van der Waals surface area contributed by atoms with E-state index in [-0.39, 0.29) is 5.37 Å². The molecule has 0 bridgehead atoms. The van der Waals surface area contributed by atoms with Crippen molar-refractivity contribution >= 4 is 18.0 Å². The lowest BCUT2D eigenvalue weighted by Gasteiger charge is -2.12. The maximum absolute atomic E-state index is 10.0. The molecule has 0 saturated heterocycles. The number of hydrogen-bond donors (Lipinski definition) is 2. The van der Waals surface area contributed by atoms with Crippen LogP contribution in [-0.4, -0.2) is 11.7 Å². The fraction of sp³-hybridized carbons (Fsp3) is 0.250. The lowest BCUT2D eigenvalue weighted by atomic mass is 10.7. The quantitative estimate of drug-likeness (QED) is 0.483. The standard InChI is InChI=1S/C4H6N2OS/c7-3-4-6-5-1-2-8-4/h1-6H. The summed E-state index contributed by atoms with van der Waals surface area (Å²) in [4.78, 5) is 10.0. The molecule has 3 nitrogen and oxygen atoms in total. The van der Waals surface area contributed by atoms with Crippen LogP contribution in [0.3, 0.4) is 0 Å². The number of hydrogen-bond acceptors (Lipinski definition) is 4. The zero-order valence-electron chi connectivity index (χ0n) is 4.13. The van der Waals surface area contributed by atoms with Crippen molar-refractivity contribution < 1.29 is 4.79 Å². The third kappa shape index (κ3) is 1.24. The highest BCUT2D eigenvalue weighted by Gasteiger charge is 2.04. The number of carbonyl (C=O) groups is 1. The van der Waals surface area contributed by atoms with Crippen LogP contribution < -0.4 is 10.9 Å². The minimum Gasteiger partial charge on any atom is -0.327 e. The molecule has 1 atom stereocenters. The first kappa shape index (κ1) is 5.65. The molecule has 0 aromatic carbocycles. The SMILES string of the molecule is O=CC1NNC=CS1. The fourth-order valence-electron chi connectivity index (χ4n) is 0.388. The first-order valence-corrected chi connectivity index (χ1v) is 3.14. The summed E-state index contributed by atoms with van der Waals surface area (Å²) in [7, 11) is 0. The van der Waals surface area contributed by atoms with Gasteiger partial charge in [0.1, 0.15) is 11.7 Å². The topological polar surface area (TPSA) is 41.1 Å². The molecule has 4 heteroatoms. The zero-order valence-corrected chi connectivity index (χ0v) is 4.94. The molecule has 2 N–H and O–H groups in total. The molecule has 0 aromatic heterocycles. The minimum atomic E-state index is -0.125. The largest absolute Gasteiger partial charge is 0.327 e. The second kappa shape index (κ2) is 2.74. The van der Waals surface area contributed by atoms with Gasteiger partial charge in [0.15, 0.2) is 0 Å². The molecule has 1 aliphatic heterocycles. The van der Waals surface area contributed by atoms with E-state index in [0.717, 1.165) is 6.29 Å². The monoisotopic (exact) mass is 130 g/mol. The Labute approximate surface area is 51.5 Å². The Bertz CT molecular complexity index is 115. The van der Waals surface area contributed by atoms with Gasteiger partial charge >= 0.3 is 0 Å². The lowest BCUT2D eigenvalue weighted by Crippen LogP contribution is -2.38. The molecule has 1 heterocycles. The maximum Gasteiger partial charge on any atom is 0.149 e. The summed E-state index contributed by atoms with van der Waals surface area (Å²) in [6, 6.07) is 0. The Morgan fingerprint density at radius 1 is 1.75 bits per heavy atom. The molecule has 0 aliphatic carbocycles. The number of hydrazine groups is 1. The van der Waals surface area contributed by atoms with Crippen LogP contribution in [0.15, 0.2) is 11.6 Å². The maximum atomic E-state index is 10.0. The van der Waals surface area contributed by atoms with E-state index in [1.54, 1.807) is 6.20 Å². The van der Waals surface area contributed by atoms with Crippen molar-refractivity contribution in [2.24, 2.45) is 0 Å². The highest BCUT2D eigenvalue weighted by molar-refractivity contribution is 8.03. The van der Waals surface area contributed by atoms with Crippen molar-refractivity contribution in [3.05, 3.63) is 11.6 Å². The zero-order chi connectivity index (χ0) is 5.82. The van der Waals surface area contributed by atoms with Crippen molar-refractivity contribution in [1.82, 2.24) is 10.9 Å². The van der Waals surface area contributed by atoms with E-state index in [2.05, 4.69) is 10.9 Å². The molecule has 1 aliphatic rings. The third-order valence-electron chi connectivity index (χ3n) is 0.726. The molecule has 1 rings (SSSR count). The Hall–Kier alpha value is -0.480. The predicted molar refractivity (Wildman–Crippen MR) is 32.9 cm³/mol. The molecular weight excluding hydrogens is 124 g/mol. The van der Waals surface area contributed by atoms with E-state index >= 15 is 0 Å². The molecule has 0 radical (unpaired) electrons. The van der Waals surface area contributed by atoms with Gasteiger partial charge in [0.25, 0.3) is 0 Å². The van der Waals surface area contributed by atoms with E-state index in [9.17, 15) is 4.79 Å². The summed E-state index contributed by atoms with van der Waals surface area (Å²) in [6.45, 7) is 0. The molecule has 0 spiro atoms. The lowest BCUT2D eigenvalue weighted by molar-refractivity contribution is -0.108. The van der Waals surface area contributed by atoms with Crippen LogP contribution in [-0.2, 0) is 4.79 Å². The van der Waals surface area contributed by atoms with Crippen LogP contribution in [0, 0.1) is 0 Å². The summed E-state index contributed by atoms with van der Waals surface area (Å²) < 4.78 is 0. The molecule has 44 valence electrons. The molecule has 0 fully saturated rings. The van der Waals surface area contributed by atoms with Crippen molar-refractivity contribution in [2.45, 2.75) is 5.37 Å². The van der Waals surface area contributed by atoms with Gasteiger partial charge in [-0.2, -0.15) is 0 Å². The summed E-state index contributed by atoms with van der Waals surface area (Å²) in [5.74, 6) is 0. The van der Waals surface area contributed by atoms with Crippen molar-refractivity contribution in [3.63, 3.8) is 0 Å². The Morgan fingerprint density at radius 2 is 2.62 bits per heavy atom. The number of thioether (sulfide) groups is 1. The molecule has 0 saturated carbocycles. The molecule has 0 amide bonds. The highest BCUT2D eigenvalue weighted by Crippen LogP contribution is 2.07. The van der Waals surface area contributed by atoms with Gasteiger partial charge in [-0.25, -0.2) is 5.43 Å². The van der Waals surface area contributed by atoms with Crippen LogP contribution >= 0.6 is 11.8 Å². The smallest absolute Gasteiger partial charge is 0.149 e. The number of aldehydes is 1. The van der Waals surface area contributed by atoms with E-state index < -0.39 is 0 Å².